The zero-order chi connectivity index (χ0) is 14.6. The van der Waals surface area contributed by atoms with Gasteiger partial charge in [-0.05, 0) is 51.5 Å². The van der Waals surface area contributed by atoms with Crippen molar-refractivity contribution in [3.05, 3.63) is 0 Å². The van der Waals surface area contributed by atoms with Crippen LogP contribution in [0.15, 0.2) is 0 Å². The van der Waals surface area contributed by atoms with E-state index in [2.05, 4.69) is 32.6 Å². The van der Waals surface area contributed by atoms with Gasteiger partial charge in [-0.1, -0.05) is 20.3 Å². The molecule has 112 valence electrons. The molecule has 0 amide bonds. The van der Waals surface area contributed by atoms with Crippen LogP contribution >= 0.6 is 0 Å². The van der Waals surface area contributed by atoms with Gasteiger partial charge < -0.3 is 15.7 Å². The third kappa shape index (κ3) is 4.18. The summed E-state index contributed by atoms with van der Waals surface area (Å²) in [5, 5.41) is 9.32. The highest BCUT2D eigenvalue weighted by Gasteiger charge is 2.45. The van der Waals surface area contributed by atoms with E-state index in [1.54, 1.807) is 0 Å². The number of nitrogens with zero attached hydrogens (tertiary/aromatic N) is 1. The summed E-state index contributed by atoms with van der Waals surface area (Å²) in [5.74, 6) is -0.0681. The summed E-state index contributed by atoms with van der Waals surface area (Å²) in [7, 11) is 0. The van der Waals surface area contributed by atoms with Crippen LogP contribution < -0.4 is 5.73 Å². The Labute approximate surface area is 117 Å². The van der Waals surface area contributed by atoms with Crippen LogP contribution in [0.1, 0.15) is 53.4 Å². The Hall–Kier alpha value is -0.610. The molecule has 2 unspecified atom stereocenters. The molecular formula is C15H30N2O2. The van der Waals surface area contributed by atoms with Crippen LogP contribution in [0.2, 0.25) is 0 Å². The van der Waals surface area contributed by atoms with E-state index >= 15 is 0 Å². The van der Waals surface area contributed by atoms with Crippen LogP contribution in [0.5, 0.6) is 0 Å². The molecule has 0 aliphatic heterocycles. The van der Waals surface area contributed by atoms with Gasteiger partial charge in [0.15, 0.2) is 0 Å². The first-order valence-electron chi connectivity index (χ1n) is 7.53. The average Bonchev–Trinajstić information content (AvgIpc) is 2.66. The minimum Gasteiger partial charge on any atom is -0.480 e. The first-order valence-corrected chi connectivity index (χ1v) is 7.53. The zero-order valence-corrected chi connectivity index (χ0v) is 12.9. The highest BCUT2D eigenvalue weighted by molar-refractivity contribution is 5.79. The minimum atomic E-state index is -0.986. The van der Waals surface area contributed by atoms with E-state index in [1.165, 1.54) is 0 Å². The molecule has 0 aromatic rings. The van der Waals surface area contributed by atoms with E-state index < -0.39 is 11.5 Å². The molecule has 0 spiro atoms. The van der Waals surface area contributed by atoms with Gasteiger partial charge in [-0.25, -0.2) is 0 Å². The van der Waals surface area contributed by atoms with E-state index in [1.807, 2.05) is 0 Å². The molecule has 3 N–H and O–H groups in total. The topological polar surface area (TPSA) is 66.6 Å². The second kappa shape index (κ2) is 6.71. The van der Waals surface area contributed by atoms with Crippen LogP contribution in [0.3, 0.4) is 0 Å². The van der Waals surface area contributed by atoms with Crippen molar-refractivity contribution in [1.29, 1.82) is 0 Å². The molecule has 4 heteroatoms. The van der Waals surface area contributed by atoms with Gasteiger partial charge in [-0.3, -0.25) is 4.79 Å². The molecule has 1 rings (SSSR count). The fraction of sp³-hybridized carbons (Fsp3) is 0.933. The maximum atomic E-state index is 11.4. The monoisotopic (exact) mass is 270 g/mol. The van der Waals surface area contributed by atoms with Crippen molar-refractivity contribution >= 4 is 5.97 Å². The van der Waals surface area contributed by atoms with Crippen molar-refractivity contribution in [2.75, 3.05) is 13.1 Å². The maximum absolute atomic E-state index is 11.4. The number of nitrogens with two attached hydrogens (primary N) is 1. The molecule has 4 nitrogen and oxygen atoms in total. The summed E-state index contributed by atoms with van der Waals surface area (Å²) in [6.07, 6.45) is 3.42. The van der Waals surface area contributed by atoms with Crippen LogP contribution in [0.4, 0.5) is 0 Å². The van der Waals surface area contributed by atoms with Gasteiger partial charge in [0.2, 0.25) is 0 Å². The van der Waals surface area contributed by atoms with Crippen molar-refractivity contribution in [2.45, 2.75) is 65.0 Å². The second-order valence-corrected chi connectivity index (χ2v) is 6.71. The smallest absolute Gasteiger partial charge is 0.323 e. The molecule has 1 aliphatic carbocycles. The Kier molecular flexibility index (Phi) is 5.81. The molecule has 0 bridgehead atoms. The number of rotatable bonds is 7. The molecule has 1 aliphatic rings. The third-order valence-corrected chi connectivity index (χ3v) is 4.36. The molecule has 1 fully saturated rings. The largest absolute Gasteiger partial charge is 0.480 e. The molecule has 1 saturated carbocycles. The lowest BCUT2D eigenvalue weighted by molar-refractivity contribution is -0.144. The number of hydrogen-bond acceptors (Lipinski definition) is 3. The number of aliphatic carboxylic acids is 1. The second-order valence-electron chi connectivity index (χ2n) is 6.71. The molecule has 0 aromatic heterocycles. The SMILES string of the molecule is CC(C)CN(CCC1CCCC1(N)C(=O)O)C(C)C. The fourth-order valence-corrected chi connectivity index (χ4v) is 3.14. The van der Waals surface area contributed by atoms with Crippen molar-refractivity contribution in [1.82, 2.24) is 4.90 Å². The summed E-state index contributed by atoms with van der Waals surface area (Å²) < 4.78 is 0. The highest BCUT2D eigenvalue weighted by Crippen LogP contribution is 2.36. The highest BCUT2D eigenvalue weighted by atomic mass is 16.4. The number of hydrogen-bond donors (Lipinski definition) is 2. The van der Waals surface area contributed by atoms with E-state index in [0.717, 1.165) is 32.4 Å². The van der Waals surface area contributed by atoms with Crippen molar-refractivity contribution in [3.63, 3.8) is 0 Å². The predicted molar refractivity (Wildman–Crippen MR) is 78.1 cm³/mol. The van der Waals surface area contributed by atoms with Crippen LogP contribution in [-0.2, 0) is 4.79 Å². The zero-order valence-electron chi connectivity index (χ0n) is 12.9. The summed E-state index contributed by atoms with van der Waals surface area (Å²) in [6, 6.07) is 0.501. The van der Waals surface area contributed by atoms with Gasteiger partial charge in [-0.2, -0.15) is 0 Å². The molecule has 0 saturated heterocycles. The lowest BCUT2D eigenvalue weighted by atomic mass is 9.85. The summed E-state index contributed by atoms with van der Waals surface area (Å²) in [5.41, 5.74) is 5.11. The maximum Gasteiger partial charge on any atom is 0.323 e. The fourth-order valence-electron chi connectivity index (χ4n) is 3.14. The Morgan fingerprint density at radius 3 is 2.53 bits per heavy atom. The Morgan fingerprint density at radius 2 is 2.05 bits per heavy atom. The number of carboxylic acids is 1. The Morgan fingerprint density at radius 1 is 1.42 bits per heavy atom. The van der Waals surface area contributed by atoms with Gasteiger partial charge in [0, 0.05) is 12.6 Å². The van der Waals surface area contributed by atoms with E-state index in [4.69, 9.17) is 5.73 Å². The van der Waals surface area contributed by atoms with Gasteiger partial charge in [-0.15, -0.1) is 0 Å². The van der Waals surface area contributed by atoms with Crippen molar-refractivity contribution in [2.24, 2.45) is 17.6 Å². The van der Waals surface area contributed by atoms with Crippen LogP contribution in [-0.4, -0.2) is 40.6 Å². The Bertz CT molecular complexity index is 305. The summed E-state index contributed by atoms with van der Waals surface area (Å²) in [4.78, 5) is 13.8. The Balaban J connectivity index is 2.56. The van der Waals surface area contributed by atoms with Gasteiger partial charge >= 0.3 is 5.97 Å². The predicted octanol–water partition coefficient (Wildman–Crippen LogP) is 2.33. The van der Waals surface area contributed by atoms with Gasteiger partial charge in [0.25, 0.3) is 0 Å². The molecule has 2 atom stereocenters. The molecule has 0 radical (unpaired) electrons. The van der Waals surface area contributed by atoms with E-state index in [9.17, 15) is 9.90 Å². The first-order chi connectivity index (χ1) is 8.77. The number of carboxylic acid groups (broad SMARTS) is 1. The van der Waals surface area contributed by atoms with E-state index in [0.29, 0.717) is 18.4 Å². The summed E-state index contributed by atoms with van der Waals surface area (Å²) in [6.45, 7) is 10.8. The van der Waals surface area contributed by atoms with Crippen LogP contribution in [0, 0.1) is 11.8 Å². The summed E-state index contributed by atoms with van der Waals surface area (Å²) >= 11 is 0. The molecule has 0 heterocycles. The minimum absolute atomic E-state index is 0.124. The lowest BCUT2D eigenvalue weighted by Gasteiger charge is -2.32. The van der Waals surface area contributed by atoms with Gasteiger partial charge in [0.1, 0.15) is 5.54 Å². The van der Waals surface area contributed by atoms with Crippen LogP contribution in [0.25, 0.3) is 0 Å². The van der Waals surface area contributed by atoms with Crippen molar-refractivity contribution in [3.8, 4) is 0 Å². The molecular weight excluding hydrogens is 240 g/mol. The number of carbonyl (C=O) groups is 1. The lowest BCUT2D eigenvalue weighted by Crippen LogP contribution is -2.51. The quantitative estimate of drug-likeness (QED) is 0.745. The standard InChI is InChI=1S/C15H30N2O2/c1-11(2)10-17(12(3)4)9-7-13-6-5-8-15(13,16)14(18)19/h11-13H,5-10,16H2,1-4H3,(H,18,19). The van der Waals surface area contributed by atoms with Gasteiger partial charge in [0.05, 0.1) is 0 Å². The molecule has 19 heavy (non-hydrogen) atoms. The third-order valence-electron chi connectivity index (χ3n) is 4.36. The van der Waals surface area contributed by atoms with E-state index in [-0.39, 0.29) is 5.92 Å². The molecule has 0 aromatic carbocycles. The first kappa shape index (κ1) is 16.4. The normalized spacial score (nSPS) is 27.7. The average molecular weight is 270 g/mol. The van der Waals surface area contributed by atoms with Crippen molar-refractivity contribution < 1.29 is 9.90 Å².